The van der Waals surface area contributed by atoms with Crippen LogP contribution in [0.3, 0.4) is 0 Å². The van der Waals surface area contributed by atoms with Crippen LogP contribution in [0.25, 0.3) is 0 Å². The Kier molecular flexibility index (Phi) is 11.9. The number of aliphatic imine (C=N–C) groups is 1. The standard InChI is InChI=1S/C34H38Cl2F3N5O4/c1-3-48-28-20-24(34(37,38)39)8-13-27(28)32-41-30(22-4-9-25(35)10-5-22)31(23-6-11-26(36)12-7-23)44(32)33(46)43-17-15-42(16-18-43)29(45)21-40-14-19-47-2/h4-13,28,30-31,40H,3,14-21H2,1-2H3. The van der Waals surface area contributed by atoms with Gasteiger partial charge in [0.25, 0.3) is 0 Å². The number of halogens is 5. The molecule has 1 N–H and O–H groups in total. The molecule has 2 heterocycles. The lowest BCUT2D eigenvalue weighted by atomic mass is 9.92. The highest BCUT2D eigenvalue weighted by molar-refractivity contribution is 6.30. The van der Waals surface area contributed by atoms with E-state index in [1.165, 1.54) is 6.08 Å². The number of hydrogen-bond acceptors (Lipinski definition) is 6. The molecule has 3 unspecified atom stereocenters. The summed E-state index contributed by atoms with van der Waals surface area (Å²) in [6, 6.07) is 12.5. The highest BCUT2D eigenvalue weighted by Gasteiger charge is 2.47. The highest BCUT2D eigenvalue weighted by Crippen LogP contribution is 2.46. The predicted molar refractivity (Wildman–Crippen MR) is 178 cm³/mol. The van der Waals surface area contributed by atoms with Gasteiger partial charge in [0.1, 0.15) is 11.9 Å². The summed E-state index contributed by atoms with van der Waals surface area (Å²) in [5.74, 6) is 0.152. The van der Waals surface area contributed by atoms with Crippen molar-refractivity contribution in [2.75, 3.05) is 59.6 Å². The molecule has 0 radical (unpaired) electrons. The van der Waals surface area contributed by atoms with Crippen LogP contribution in [0.1, 0.15) is 36.6 Å². The van der Waals surface area contributed by atoms with Gasteiger partial charge in [0.2, 0.25) is 5.91 Å². The zero-order chi connectivity index (χ0) is 34.4. The monoisotopic (exact) mass is 707 g/mol. The van der Waals surface area contributed by atoms with E-state index >= 15 is 0 Å². The molecule has 3 aliphatic rings. The van der Waals surface area contributed by atoms with E-state index in [0.717, 1.165) is 17.2 Å². The Labute approximate surface area is 287 Å². The van der Waals surface area contributed by atoms with Crippen LogP contribution < -0.4 is 5.32 Å². The molecule has 3 amide bonds. The van der Waals surface area contributed by atoms with Crippen molar-refractivity contribution in [2.45, 2.75) is 37.7 Å². The Morgan fingerprint density at radius 1 is 0.938 bits per heavy atom. The Balaban J connectivity index is 1.53. The summed E-state index contributed by atoms with van der Waals surface area (Å²) in [7, 11) is 1.59. The number of amidine groups is 1. The maximum atomic E-state index is 14.7. The van der Waals surface area contributed by atoms with Crippen molar-refractivity contribution in [3.8, 4) is 0 Å². The minimum atomic E-state index is -4.53. The number of rotatable bonds is 10. The van der Waals surface area contributed by atoms with E-state index in [-0.39, 0.29) is 44.0 Å². The molecular weight excluding hydrogens is 670 g/mol. The summed E-state index contributed by atoms with van der Waals surface area (Å²) in [4.78, 5) is 37.5. The van der Waals surface area contributed by atoms with Gasteiger partial charge in [-0.15, -0.1) is 0 Å². The lowest BCUT2D eigenvalue weighted by Crippen LogP contribution is -2.56. The van der Waals surface area contributed by atoms with E-state index < -0.39 is 36.4 Å². The van der Waals surface area contributed by atoms with Crippen LogP contribution in [-0.2, 0) is 14.3 Å². The molecule has 48 heavy (non-hydrogen) atoms. The molecule has 1 saturated heterocycles. The van der Waals surface area contributed by atoms with E-state index in [1.54, 1.807) is 53.0 Å². The molecule has 258 valence electrons. The third-order valence-corrected chi connectivity index (χ3v) is 9.07. The smallest absolute Gasteiger partial charge is 0.383 e. The molecule has 2 aromatic carbocycles. The molecule has 1 aliphatic carbocycles. The lowest BCUT2D eigenvalue weighted by Gasteiger charge is -2.40. The largest absolute Gasteiger partial charge is 0.412 e. The average molecular weight is 709 g/mol. The van der Waals surface area contributed by atoms with Crippen LogP contribution in [0.4, 0.5) is 18.0 Å². The molecule has 2 aromatic rings. The van der Waals surface area contributed by atoms with Gasteiger partial charge < -0.3 is 24.6 Å². The zero-order valence-electron chi connectivity index (χ0n) is 26.7. The van der Waals surface area contributed by atoms with Gasteiger partial charge in [-0.25, -0.2) is 4.79 Å². The number of allylic oxidation sites excluding steroid dienone is 2. The van der Waals surface area contributed by atoms with Gasteiger partial charge in [-0.2, -0.15) is 13.2 Å². The first-order chi connectivity index (χ1) is 23.0. The van der Waals surface area contributed by atoms with Crippen LogP contribution in [0.2, 0.25) is 10.0 Å². The van der Waals surface area contributed by atoms with E-state index in [4.69, 9.17) is 37.7 Å². The van der Waals surface area contributed by atoms with Gasteiger partial charge >= 0.3 is 12.2 Å². The van der Waals surface area contributed by atoms with E-state index in [9.17, 15) is 22.8 Å². The molecular formula is C34H38Cl2F3N5O4. The van der Waals surface area contributed by atoms with Crippen molar-refractivity contribution >= 4 is 41.0 Å². The van der Waals surface area contributed by atoms with E-state index in [1.807, 2.05) is 24.3 Å². The van der Waals surface area contributed by atoms with Crippen LogP contribution in [0, 0.1) is 0 Å². The van der Waals surface area contributed by atoms with Crippen LogP contribution in [0.15, 0.2) is 76.8 Å². The second-order valence-electron chi connectivity index (χ2n) is 11.6. The molecule has 5 rings (SSSR count). The number of carbonyl (C=O) groups is 2. The quantitative estimate of drug-likeness (QED) is 0.297. The van der Waals surface area contributed by atoms with Crippen molar-refractivity contribution in [1.29, 1.82) is 0 Å². The number of piperazine rings is 1. The number of carbonyl (C=O) groups excluding carboxylic acids is 2. The van der Waals surface area contributed by atoms with Crippen molar-refractivity contribution in [1.82, 2.24) is 20.0 Å². The Hall–Kier alpha value is -3.42. The Bertz CT molecular complexity index is 1540. The van der Waals surface area contributed by atoms with E-state index in [2.05, 4.69) is 5.32 Å². The van der Waals surface area contributed by atoms with E-state index in [0.29, 0.717) is 41.9 Å². The number of nitrogens with zero attached hydrogens (tertiary/aromatic N) is 4. The Morgan fingerprint density at radius 3 is 2.12 bits per heavy atom. The minimum Gasteiger partial charge on any atom is -0.383 e. The number of ether oxygens (including phenoxy) is 2. The normalized spacial score (nSPS) is 21.6. The predicted octanol–water partition coefficient (Wildman–Crippen LogP) is 6.21. The number of alkyl halides is 3. The Morgan fingerprint density at radius 2 is 1.54 bits per heavy atom. The van der Waals surface area contributed by atoms with Crippen LogP contribution in [-0.4, -0.2) is 104 Å². The van der Waals surface area contributed by atoms with Crippen molar-refractivity contribution in [2.24, 2.45) is 4.99 Å². The maximum Gasteiger partial charge on any atom is 0.412 e. The molecule has 0 aromatic heterocycles. The molecule has 14 heteroatoms. The minimum absolute atomic E-state index is 0.0809. The first-order valence-electron chi connectivity index (χ1n) is 15.8. The molecule has 9 nitrogen and oxygen atoms in total. The van der Waals surface area contributed by atoms with Crippen LogP contribution >= 0.6 is 23.2 Å². The van der Waals surface area contributed by atoms with Gasteiger partial charge in [-0.05, 0) is 42.3 Å². The number of nitrogens with one attached hydrogen (secondary N) is 1. The van der Waals surface area contributed by atoms with Crippen molar-refractivity contribution in [3.63, 3.8) is 0 Å². The molecule has 3 atom stereocenters. The maximum absolute atomic E-state index is 14.7. The van der Waals surface area contributed by atoms with Gasteiger partial charge in [-0.3, -0.25) is 14.7 Å². The molecule has 0 spiro atoms. The first-order valence-corrected chi connectivity index (χ1v) is 16.5. The third kappa shape index (κ3) is 8.23. The fourth-order valence-corrected chi connectivity index (χ4v) is 6.36. The summed E-state index contributed by atoms with van der Waals surface area (Å²) in [6.45, 7) is 4.22. The second kappa shape index (κ2) is 15.9. The van der Waals surface area contributed by atoms with Gasteiger partial charge in [0, 0.05) is 74.1 Å². The first kappa shape index (κ1) is 35.9. The summed E-state index contributed by atoms with van der Waals surface area (Å²) in [5, 5.41) is 4.08. The fraction of sp³-hybridized carbons (Fsp3) is 0.441. The second-order valence-corrected chi connectivity index (χ2v) is 12.5. The SMILES string of the molecule is CCOC1CC(C(F)(F)F)=CC=C1C1=NC(c2ccc(Cl)cc2)C(c2ccc(Cl)cc2)N1C(=O)N1CCN(C(=O)CNCCOC)CC1. The molecule has 1 fully saturated rings. The number of methoxy groups -OCH3 is 1. The zero-order valence-corrected chi connectivity index (χ0v) is 28.2. The molecule has 2 aliphatic heterocycles. The fourth-order valence-electron chi connectivity index (χ4n) is 6.10. The van der Waals surface area contributed by atoms with Gasteiger partial charge in [0.15, 0.2) is 0 Å². The average Bonchev–Trinajstić information content (AvgIpc) is 3.47. The third-order valence-electron chi connectivity index (χ3n) is 8.56. The topological polar surface area (TPSA) is 86.7 Å². The molecule has 0 bridgehead atoms. The number of benzene rings is 2. The van der Waals surface area contributed by atoms with Crippen molar-refractivity contribution in [3.05, 3.63) is 93.0 Å². The van der Waals surface area contributed by atoms with Crippen LogP contribution in [0.5, 0.6) is 0 Å². The highest BCUT2D eigenvalue weighted by atomic mass is 35.5. The summed E-state index contributed by atoms with van der Waals surface area (Å²) < 4.78 is 52.3. The van der Waals surface area contributed by atoms with Crippen molar-refractivity contribution < 1.29 is 32.2 Å². The number of urea groups is 1. The lowest BCUT2D eigenvalue weighted by molar-refractivity contribution is -0.131. The summed E-state index contributed by atoms with van der Waals surface area (Å²) >= 11 is 12.5. The number of amides is 3. The molecule has 0 saturated carbocycles. The summed E-state index contributed by atoms with van der Waals surface area (Å²) in [5.41, 5.74) is 1.16. The number of hydrogen-bond donors (Lipinski definition) is 1. The summed E-state index contributed by atoms with van der Waals surface area (Å²) in [6.07, 6.45) is -3.53. The van der Waals surface area contributed by atoms with Gasteiger partial charge in [0.05, 0.1) is 25.3 Å². The van der Waals surface area contributed by atoms with Gasteiger partial charge in [-0.1, -0.05) is 59.6 Å².